The first-order valence-corrected chi connectivity index (χ1v) is 11.4. The molecule has 1 aromatic heterocycles. The van der Waals surface area contributed by atoms with Crippen molar-refractivity contribution < 1.29 is 9.53 Å². The van der Waals surface area contributed by atoms with Crippen molar-refractivity contribution in [3.05, 3.63) is 68.6 Å². The van der Waals surface area contributed by atoms with Gasteiger partial charge in [-0.3, -0.25) is 9.59 Å². The van der Waals surface area contributed by atoms with Gasteiger partial charge in [0.15, 0.2) is 0 Å². The van der Waals surface area contributed by atoms with Crippen LogP contribution in [-0.4, -0.2) is 53.3 Å². The van der Waals surface area contributed by atoms with Gasteiger partial charge in [0, 0.05) is 38.0 Å². The van der Waals surface area contributed by atoms with Crippen LogP contribution < -0.4 is 15.6 Å². The highest BCUT2D eigenvalue weighted by atomic mass is 35.5. The maximum absolute atomic E-state index is 13.0. The Morgan fingerprint density at radius 3 is 2.72 bits per heavy atom. The van der Waals surface area contributed by atoms with Crippen molar-refractivity contribution in [2.24, 2.45) is 0 Å². The van der Waals surface area contributed by atoms with E-state index in [0.717, 1.165) is 42.6 Å². The van der Waals surface area contributed by atoms with Crippen molar-refractivity contribution in [2.75, 3.05) is 26.2 Å². The van der Waals surface area contributed by atoms with Gasteiger partial charge in [0.2, 0.25) is 0 Å². The SMILES string of the molecule is O=C(c1cccc(Cc2n[nH]c(=O)c3ccc(OC4CCC4)cc23)c1Cl)N1CCNCC1. The maximum Gasteiger partial charge on any atom is 0.272 e. The lowest BCUT2D eigenvalue weighted by Crippen LogP contribution is -2.46. The number of nitrogens with zero attached hydrogens (tertiary/aromatic N) is 2. The summed E-state index contributed by atoms with van der Waals surface area (Å²) in [7, 11) is 0. The van der Waals surface area contributed by atoms with Crippen LogP contribution >= 0.6 is 11.6 Å². The molecule has 1 aliphatic heterocycles. The van der Waals surface area contributed by atoms with Gasteiger partial charge in [-0.05, 0) is 49.1 Å². The molecule has 8 heteroatoms. The smallest absolute Gasteiger partial charge is 0.272 e. The van der Waals surface area contributed by atoms with Crippen molar-refractivity contribution in [1.29, 1.82) is 0 Å². The quantitative estimate of drug-likeness (QED) is 0.621. The Morgan fingerprint density at radius 1 is 1.16 bits per heavy atom. The van der Waals surface area contributed by atoms with Crippen LogP contribution in [0, 0.1) is 0 Å². The number of carbonyl (C=O) groups excluding carboxylic acids is 1. The maximum atomic E-state index is 13.0. The van der Waals surface area contributed by atoms with Crippen LogP contribution in [0.1, 0.15) is 40.9 Å². The van der Waals surface area contributed by atoms with Gasteiger partial charge in [-0.2, -0.15) is 5.10 Å². The van der Waals surface area contributed by atoms with Crippen molar-refractivity contribution in [3.63, 3.8) is 0 Å². The largest absolute Gasteiger partial charge is 0.490 e. The predicted molar refractivity (Wildman–Crippen MR) is 124 cm³/mol. The van der Waals surface area contributed by atoms with Crippen LogP contribution in [0.3, 0.4) is 0 Å². The molecular formula is C24H25ClN4O3. The number of hydrogen-bond acceptors (Lipinski definition) is 5. The minimum absolute atomic E-state index is 0.0613. The third kappa shape index (κ3) is 4.10. The minimum Gasteiger partial charge on any atom is -0.490 e. The second-order valence-corrected chi connectivity index (χ2v) is 8.75. The fourth-order valence-electron chi connectivity index (χ4n) is 4.19. The predicted octanol–water partition coefficient (Wildman–Crippen LogP) is 3.14. The third-order valence-corrected chi connectivity index (χ3v) is 6.71. The van der Waals surface area contributed by atoms with Gasteiger partial charge in [-0.1, -0.05) is 23.7 Å². The van der Waals surface area contributed by atoms with E-state index in [-0.39, 0.29) is 17.6 Å². The molecule has 2 aliphatic rings. The highest BCUT2D eigenvalue weighted by molar-refractivity contribution is 6.34. The van der Waals surface area contributed by atoms with E-state index in [1.165, 1.54) is 6.42 Å². The number of carbonyl (C=O) groups is 1. The molecule has 2 heterocycles. The molecule has 0 spiro atoms. The molecule has 1 saturated carbocycles. The van der Waals surface area contributed by atoms with E-state index in [4.69, 9.17) is 16.3 Å². The molecule has 1 amide bonds. The molecule has 1 saturated heterocycles. The van der Waals surface area contributed by atoms with Gasteiger partial charge >= 0.3 is 0 Å². The highest BCUT2D eigenvalue weighted by Crippen LogP contribution is 2.30. The lowest BCUT2D eigenvalue weighted by molar-refractivity contribution is 0.0736. The Labute approximate surface area is 190 Å². The number of piperazine rings is 1. The average molecular weight is 453 g/mol. The molecule has 2 N–H and O–H groups in total. The summed E-state index contributed by atoms with van der Waals surface area (Å²) < 4.78 is 6.02. The van der Waals surface area contributed by atoms with Crippen LogP contribution in [-0.2, 0) is 6.42 Å². The number of aromatic amines is 1. The van der Waals surface area contributed by atoms with Crippen molar-refractivity contribution in [1.82, 2.24) is 20.4 Å². The van der Waals surface area contributed by atoms with Gasteiger partial charge in [0.05, 0.1) is 27.8 Å². The number of benzene rings is 2. The molecule has 7 nitrogen and oxygen atoms in total. The number of halogens is 1. The average Bonchev–Trinajstić information content (AvgIpc) is 2.79. The summed E-state index contributed by atoms with van der Waals surface area (Å²) in [6, 6.07) is 11.0. The monoisotopic (exact) mass is 452 g/mol. The van der Waals surface area contributed by atoms with Crippen LogP contribution in [0.15, 0.2) is 41.2 Å². The fourth-order valence-corrected chi connectivity index (χ4v) is 4.46. The lowest BCUT2D eigenvalue weighted by atomic mass is 9.96. The number of fused-ring (bicyclic) bond motifs is 1. The molecule has 5 rings (SSSR count). The van der Waals surface area contributed by atoms with Crippen LogP contribution in [0.4, 0.5) is 0 Å². The normalized spacial score (nSPS) is 16.7. The van der Waals surface area contributed by atoms with Crippen LogP contribution in [0.2, 0.25) is 5.02 Å². The molecule has 3 aromatic rings. The number of aromatic nitrogens is 2. The molecule has 1 aliphatic carbocycles. The zero-order chi connectivity index (χ0) is 22.1. The Bertz CT molecular complexity index is 1220. The van der Waals surface area contributed by atoms with Gasteiger partial charge in [-0.25, -0.2) is 5.10 Å². The second-order valence-electron chi connectivity index (χ2n) is 8.38. The Hall–Kier alpha value is -2.90. The van der Waals surface area contributed by atoms with E-state index in [1.54, 1.807) is 12.1 Å². The summed E-state index contributed by atoms with van der Waals surface area (Å²) in [4.78, 5) is 27.1. The van der Waals surface area contributed by atoms with E-state index >= 15 is 0 Å². The standard InChI is InChI=1S/C24H25ClN4O3/c25-22-15(3-1-6-19(22)24(31)29-11-9-26-10-12-29)13-21-20-14-17(32-16-4-2-5-16)7-8-18(20)23(30)28-27-21/h1,3,6-8,14,16,26H,2,4-5,9-13H2,(H,28,30). The van der Waals surface area contributed by atoms with E-state index in [9.17, 15) is 9.59 Å². The molecule has 2 aromatic carbocycles. The molecule has 2 fully saturated rings. The van der Waals surface area contributed by atoms with Gasteiger partial charge in [-0.15, -0.1) is 0 Å². The summed E-state index contributed by atoms with van der Waals surface area (Å²) in [5.41, 5.74) is 1.73. The summed E-state index contributed by atoms with van der Waals surface area (Å²) in [5, 5.41) is 11.9. The Balaban J connectivity index is 1.47. The van der Waals surface area contributed by atoms with Crippen molar-refractivity contribution in [3.8, 4) is 5.75 Å². The second kappa shape index (κ2) is 8.92. The molecular weight excluding hydrogens is 428 g/mol. The number of amides is 1. The zero-order valence-electron chi connectivity index (χ0n) is 17.7. The minimum atomic E-state index is -0.243. The van der Waals surface area contributed by atoms with Gasteiger partial charge < -0.3 is 15.0 Å². The van der Waals surface area contributed by atoms with Crippen molar-refractivity contribution in [2.45, 2.75) is 31.8 Å². The first-order valence-electron chi connectivity index (χ1n) is 11.1. The van der Waals surface area contributed by atoms with Crippen molar-refractivity contribution >= 4 is 28.3 Å². The van der Waals surface area contributed by atoms with E-state index in [2.05, 4.69) is 15.5 Å². The van der Waals surface area contributed by atoms with Gasteiger partial charge in [0.25, 0.3) is 11.5 Å². The first-order chi connectivity index (χ1) is 15.6. The summed E-state index contributed by atoms with van der Waals surface area (Å²) >= 11 is 6.69. The van der Waals surface area contributed by atoms with Gasteiger partial charge in [0.1, 0.15) is 5.75 Å². The molecule has 0 radical (unpaired) electrons. The molecule has 0 unspecified atom stereocenters. The number of H-pyrrole nitrogens is 1. The van der Waals surface area contributed by atoms with E-state index in [1.807, 2.05) is 29.2 Å². The topological polar surface area (TPSA) is 87.3 Å². The molecule has 32 heavy (non-hydrogen) atoms. The highest BCUT2D eigenvalue weighted by Gasteiger charge is 2.22. The number of rotatable bonds is 5. The van der Waals surface area contributed by atoms with Crippen LogP contribution in [0.5, 0.6) is 5.75 Å². The molecule has 0 bridgehead atoms. The van der Waals surface area contributed by atoms with E-state index < -0.39 is 0 Å². The summed E-state index contributed by atoms with van der Waals surface area (Å²) in [5.74, 6) is 0.679. The molecule has 166 valence electrons. The number of hydrogen-bond donors (Lipinski definition) is 2. The summed E-state index contributed by atoms with van der Waals surface area (Å²) in [6.45, 7) is 2.88. The first kappa shape index (κ1) is 21.0. The fraction of sp³-hybridized carbons (Fsp3) is 0.375. The number of nitrogens with one attached hydrogen (secondary N) is 2. The zero-order valence-corrected chi connectivity index (χ0v) is 18.5. The van der Waals surface area contributed by atoms with Crippen LogP contribution in [0.25, 0.3) is 10.8 Å². The Morgan fingerprint density at radius 2 is 1.97 bits per heavy atom. The number of ether oxygens (including phenoxy) is 1. The Kier molecular flexibility index (Phi) is 5.85. The van der Waals surface area contributed by atoms with E-state index in [0.29, 0.717) is 41.2 Å². The lowest BCUT2D eigenvalue weighted by Gasteiger charge is -2.28. The summed E-state index contributed by atoms with van der Waals surface area (Å²) in [6.07, 6.45) is 3.94. The molecule has 0 atom stereocenters. The third-order valence-electron chi connectivity index (χ3n) is 6.27.